The van der Waals surface area contributed by atoms with Gasteiger partial charge < -0.3 is 4.74 Å². The van der Waals surface area contributed by atoms with Gasteiger partial charge in [-0.2, -0.15) is 22.5 Å². The number of fused-ring (bicyclic) bond motifs is 1. The summed E-state index contributed by atoms with van der Waals surface area (Å²) in [5.41, 5.74) is 2.35. The monoisotopic (exact) mass is 375 g/mol. The topological polar surface area (TPSA) is 89.3 Å². The lowest BCUT2D eigenvalue weighted by Crippen LogP contribution is -2.29. The van der Waals surface area contributed by atoms with Crippen LogP contribution in [0.15, 0.2) is 30.3 Å². The molecule has 0 saturated heterocycles. The van der Waals surface area contributed by atoms with Gasteiger partial charge in [0.25, 0.3) is 0 Å². The number of nitrogens with zero attached hydrogens (tertiary/aromatic N) is 4. The summed E-state index contributed by atoms with van der Waals surface area (Å²) in [6.45, 7) is 3.76. The maximum atomic E-state index is 12.2. The molecule has 0 radical (unpaired) electrons. The Bertz CT molecular complexity index is 1070. The van der Waals surface area contributed by atoms with Crippen molar-refractivity contribution in [2.75, 3.05) is 25.9 Å². The Hall–Kier alpha value is -2.65. The van der Waals surface area contributed by atoms with Gasteiger partial charge in [-0.1, -0.05) is 12.1 Å². The summed E-state index contributed by atoms with van der Waals surface area (Å²) in [6.07, 6.45) is 0. The highest BCUT2D eigenvalue weighted by molar-refractivity contribution is 7.90. The molecule has 0 atom stereocenters. The first-order valence-electron chi connectivity index (χ1n) is 7.94. The standard InChI is InChI=1S/C17H21N5O3S/c1-11-9-15(18-17-13(11)7-6-8-14(17)25-5)22-16(10-12(2)19-22)20-26(23,24)21(3)4/h6-10,20H,1-5H3. The van der Waals surface area contributed by atoms with Crippen LogP contribution in [0.1, 0.15) is 11.3 Å². The zero-order chi connectivity index (χ0) is 19.1. The van der Waals surface area contributed by atoms with Gasteiger partial charge in [0.15, 0.2) is 5.82 Å². The maximum absolute atomic E-state index is 12.2. The lowest BCUT2D eigenvalue weighted by atomic mass is 10.1. The zero-order valence-corrected chi connectivity index (χ0v) is 16.1. The van der Waals surface area contributed by atoms with Crippen LogP contribution < -0.4 is 9.46 Å². The first kappa shape index (κ1) is 18.2. The summed E-state index contributed by atoms with van der Waals surface area (Å²) in [4.78, 5) is 4.65. The molecular weight excluding hydrogens is 354 g/mol. The minimum Gasteiger partial charge on any atom is -0.494 e. The largest absolute Gasteiger partial charge is 0.494 e. The third-order valence-corrected chi connectivity index (χ3v) is 5.41. The van der Waals surface area contributed by atoms with E-state index in [1.54, 1.807) is 20.1 Å². The van der Waals surface area contributed by atoms with Gasteiger partial charge in [-0.15, -0.1) is 0 Å². The maximum Gasteiger partial charge on any atom is 0.302 e. The van der Waals surface area contributed by atoms with E-state index < -0.39 is 10.2 Å². The number of aromatic nitrogens is 3. The number of rotatable bonds is 5. The van der Waals surface area contributed by atoms with E-state index in [2.05, 4.69) is 14.8 Å². The lowest BCUT2D eigenvalue weighted by molar-refractivity contribution is 0.419. The van der Waals surface area contributed by atoms with E-state index in [0.29, 0.717) is 28.6 Å². The van der Waals surface area contributed by atoms with Crippen molar-refractivity contribution in [1.82, 2.24) is 19.1 Å². The molecule has 26 heavy (non-hydrogen) atoms. The Morgan fingerprint density at radius 1 is 1.19 bits per heavy atom. The number of ether oxygens (including phenoxy) is 1. The quantitative estimate of drug-likeness (QED) is 0.739. The highest BCUT2D eigenvalue weighted by atomic mass is 32.2. The molecule has 2 heterocycles. The van der Waals surface area contributed by atoms with Crippen molar-refractivity contribution in [2.24, 2.45) is 0 Å². The molecule has 0 unspecified atom stereocenters. The SMILES string of the molecule is COc1cccc2c(C)cc(-n3nc(C)cc3NS(=O)(=O)N(C)C)nc12. The average molecular weight is 375 g/mol. The van der Waals surface area contributed by atoms with E-state index in [9.17, 15) is 8.42 Å². The number of hydrogen-bond donors (Lipinski definition) is 1. The number of anilines is 1. The van der Waals surface area contributed by atoms with Crippen molar-refractivity contribution in [3.63, 3.8) is 0 Å². The van der Waals surface area contributed by atoms with Gasteiger partial charge in [-0.25, -0.2) is 4.98 Å². The van der Waals surface area contributed by atoms with Gasteiger partial charge in [0.2, 0.25) is 0 Å². The van der Waals surface area contributed by atoms with E-state index in [1.165, 1.54) is 18.8 Å². The molecule has 0 saturated carbocycles. The Labute approximate surface area is 152 Å². The summed E-state index contributed by atoms with van der Waals surface area (Å²) < 4.78 is 34.9. The van der Waals surface area contributed by atoms with Crippen LogP contribution in [0, 0.1) is 13.8 Å². The number of methoxy groups -OCH3 is 1. The third kappa shape index (κ3) is 3.23. The Balaban J connectivity index is 2.19. The fourth-order valence-corrected chi connectivity index (χ4v) is 3.21. The molecule has 0 spiro atoms. The molecule has 0 aliphatic carbocycles. The van der Waals surface area contributed by atoms with Crippen LogP contribution >= 0.6 is 0 Å². The summed E-state index contributed by atoms with van der Waals surface area (Å²) in [7, 11) is 0.842. The molecule has 0 amide bonds. The molecule has 2 aromatic heterocycles. The Kier molecular flexibility index (Phi) is 4.59. The first-order chi connectivity index (χ1) is 12.2. The molecule has 1 N–H and O–H groups in total. The highest BCUT2D eigenvalue weighted by Gasteiger charge is 2.19. The van der Waals surface area contributed by atoms with E-state index in [0.717, 1.165) is 15.3 Å². The van der Waals surface area contributed by atoms with Crippen molar-refractivity contribution in [3.8, 4) is 11.6 Å². The fourth-order valence-electron chi connectivity index (χ4n) is 2.62. The van der Waals surface area contributed by atoms with E-state index in [4.69, 9.17) is 4.74 Å². The lowest BCUT2D eigenvalue weighted by Gasteiger charge is -2.15. The van der Waals surface area contributed by atoms with Gasteiger partial charge >= 0.3 is 10.2 Å². The third-order valence-electron chi connectivity index (χ3n) is 3.98. The fraction of sp³-hybridized carbons (Fsp3) is 0.294. The van der Waals surface area contributed by atoms with E-state index >= 15 is 0 Å². The van der Waals surface area contributed by atoms with Crippen molar-refractivity contribution < 1.29 is 13.2 Å². The smallest absolute Gasteiger partial charge is 0.302 e. The van der Waals surface area contributed by atoms with E-state index in [1.807, 2.05) is 31.2 Å². The molecule has 1 aromatic carbocycles. The zero-order valence-electron chi connectivity index (χ0n) is 15.3. The van der Waals surface area contributed by atoms with Crippen LogP contribution in [-0.2, 0) is 10.2 Å². The van der Waals surface area contributed by atoms with Crippen LogP contribution in [0.2, 0.25) is 0 Å². The van der Waals surface area contributed by atoms with Gasteiger partial charge in [0.1, 0.15) is 17.1 Å². The number of hydrogen-bond acceptors (Lipinski definition) is 5. The minimum absolute atomic E-state index is 0.317. The van der Waals surface area contributed by atoms with Gasteiger partial charge in [0, 0.05) is 25.5 Å². The number of pyridine rings is 1. The predicted molar refractivity (Wildman–Crippen MR) is 101 cm³/mol. The summed E-state index contributed by atoms with van der Waals surface area (Å²) >= 11 is 0. The Morgan fingerprint density at radius 3 is 2.58 bits per heavy atom. The number of aryl methyl sites for hydroxylation is 2. The predicted octanol–water partition coefficient (Wildman–Crippen LogP) is 2.26. The summed E-state index contributed by atoms with van der Waals surface area (Å²) in [5.74, 6) is 1.47. The Morgan fingerprint density at radius 2 is 1.92 bits per heavy atom. The number of para-hydroxylation sites is 1. The number of nitrogens with one attached hydrogen (secondary N) is 1. The second-order valence-electron chi connectivity index (χ2n) is 6.13. The van der Waals surface area contributed by atoms with E-state index in [-0.39, 0.29) is 0 Å². The van der Waals surface area contributed by atoms with Gasteiger partial charge in [0.05, 0.1) is 12.8 Å². The van der Waals surface area contributed by atoms with Crippen molar-refractivity contribution in [1.29, 1.82) is 0 Å². The van der Waals surface area contributed by atoms with Gasteiger partial charge in [-0.3, -0.25) is 4.72 Å². The molecule has 0 aliphatic heterocycles. The molecule has 0 fully saturated rings. The highest BCUT2D eigenvalue weighted by Crippen LogP contribution is 2.28. The van der Waals surface area contributed by atoms with Crippen LogP contribution in [-0.4, -0.2) is 48.7 Å². The minimum atomic E-state index is -3.66. The molecule has 3 rings (SSSR count). The molecular formula is C17H21N5O3S. The van der Waals surface area contributed by atoms with Crippen LogP contribution in [0.5, 0.6) is 5.75 Å². The summed E-state index contributed by atoms with van der Waals surface area (Å²) in [6, 6.07) is 9.23. The van der Waals surface area contributed by atoms with Crippen molar-refractivity contribution in [3.05, 3.63) is 41.6 Å². The molecule has 0 bridgehead atoms. The number of benzene rings is 1. The first-order valence-corrected chi connectivity index (χ1v) is 9.38. The summed E-state index contributed by atoms with van der Waals surface area (Å²) in [5, 5.41) is 5.36. The molecule has 138 valence electrons. The van der Waals surface area contributed by atoms with Crippen molar-refractivity contribution in [2.45, 2.75) is 13.8 Å². The average Bonchev–Trinajstić information content (AvgIpc) is 2.93. The van der Waals surface area contributed by atoms with Crippen LogP contribution in [0.25, 0.3) is 16.7 Å². The molecule has 0 aliphatic rings. The second kappa shape index (κ2) is 6.58. The molecule has 9 heteroatoms. The molecule has 8 nitrogen and oxygen atoms in total. The van der Waals surface area contributed by atoms with Crippen molar-refractivity contribution >= 4 is 26.9 Å². The second-order valence-corrected chi connectivity index (χ2v) is 8.01. The van der Waals surface area contributed by atoms with Gasteiger partial charge in [-0.05, 0) is 31.5 Å². The normalized spacial score (nSPS) is 11.9. The molecule has 3 aromatic rings. The van der Waals surface area contributed by atoms with Crippen LogP contribution in [0.4, 0.5) is 5.82 Å². The van der Waals surface area contributed by atoms with Crippen LogP contribution in [0.3, 0.4) is 0 Å².